The van der Waals surface area contributed by atoms with Crippen LogP contribution in [0.25, 0.3) is 0 Å². The zero-order valence-electron chi connectivity index (χ0n) is 14.3. The molecule has 0 spiro atoms. The molecule has 130 valence electrons. The SMILES string of the molecule is CCS(=O)(=O)N(C)C1CCN(CC2(O)CCC(C)CC2)CC1. The maximum atomic E-state index is 12.0. The van der Waals surface area contributed by atoms with Crippen LogP contribution in [0.3, 0.4) is 0 Å². The van der Waals surface area contributed by atoms with Crippen molar-refractivity contribution in [3.8, 4) is 0 Å². The zero-order chi connectivity index (χ0) is 16.4. The molecule has 22 heavy (non-hydrogen) atoms. The number of rotatable bonds is 5. The van der Waals surface area contributed by atoms with Crippen LogP contribution in [0.5, 0.6) is 0 Å². The number of nitrogens with zero attached hydrogens (tertiary/aromatic N) is 2. The first-order chi connectivity index (χ1) is 10.3. The van der Waals surface area contributed by atoms with Gasteiger partial charge in [-0.15, -0.1) is 0 Å². The number of β-amino-alcohol motifs (C(OH)–C–C–N with tert-alkyl or cyclic N) is 1. The van der Waals surface area contributed by atoms with E-state index in [4.69, 9.17) is 0 Å². The lowest BCUT2D eigenvalue weighted by molar-refractivity contribution is -0.0407. The van der Waals surface area contributed by atoms with Gasteiger partial charge in [-0.2, -0.15) is 0 Å². The van der Waals surface area contributed by atoms with E-state index in [0.717, 1.165) is 64.1 Å². The molecule has 1 heterocycles. The summed E-state index contributed by atoms with van der Waals surface area (Å²) in [7, 11) is -1.39. The molecule has 0 aromatic rings. The van der Waals surface area contributed by atoms with Gasteiger partial charge in [0.1, 0.15) is 0 Å². The first-order valence-corrected chi connectivity index (χ1v) is 10.3. The second-order valence-corrected chi connectivity index (χ2v) is 9.65. The molecule has 0 amide bonds. The quantitative estimate of drug-likeness (QED) is 0.832. The summed E-state index contributed by atoms with van der Waals surface area (Å²) in [6.07, 6.45) is 5.76. The number of sulfonamides is 1. The van der Waals surface area contributed by atoms with Crippen LogP contribution in [0.1, 0.15) is 52.4 Å². The van der Waals surface area contributed by atoms with E-state index < -0.39 is 15.6 Å². The molecule has 6 heteroatoms. The Balaban J connectivity index is 1.82. The van der Waals surface area contributed by atoms with Gasteiger partial charge in [-0.3, -0.25) is 0 Å². The van der Waals surface area contributed by atoms with Crippen LogP contribution in [0.15, 0.2) is 0 Å². The fraction of sp³-hybridized carbons (Fsp3) is 1.00. The largest absolute Gasteiger partial charge is 0.389 e. The van der Waals surface area contributed by atoms with Gasteiger partial charge in [0.05, 0.1) is 11.4 Å². The van der Waals surface area contributed by atoms with Crippen molar-refractivity contribution in [2.45, 2.75) is 64.0 Å². The zero-order valence-corrected chi connectivity index (χ0v) is 15.1. The summed E-state index contributed by atoms with van der Waals surface area (Å²) in [5, 5.41) is 10.7. The van der Waals surface area contributed by atoms with Crippen molar-refractivity contribution in [2.24, 2.45) is 5.92 Å². The molecule has 0 bridgehead atoms. The number of piperidine rings is 1. The summed E-state index contributed by atoms with van der Waals surface area (Å²) in [5.41, 5.74) is -0.527. The summed E-state index contributed by atoms with van der Waals surface area (Å²) in [6.45, 7) is 6.46. The predicted molar refractivity (Wildman–Crippen MR) is 89.3 cm³/mol. The Hall–Kier alpha value is -0.170. The lowest BCUT2D eigenvalue weighted by atomic mass is 9.79. The first kappa shape index (κ1) is 18.2. The molecule has 1 aliphatic heterocycles. The molecule has 0 aromatic heterocycles. The van der Waals surface area contributed by atoms with Gasteiger partial charge in [-0.25, -0.2) is 12.7 Å². The molecule has 1 N–H and O–H groups in total. The van der Waals surface area contributed by atoms with Crippen molar-refractivity contribution in [3.05, 3.63) is 0 Å². The van der Waals surface area contributed by atoms with Crippen molar-refractivity contribution in [1.82, 2.24) is 9.21 Å². The molecule has 1 aliphatic carbocycles. The number of hydrogen-bond donors (Lipinski definition) is 1. The third-order valence-corrected chi connectivity index (χ3v) is 7.50. The fourth-order valence-corrected chi connectivity index (χ4v) is 4.82. The third kappa shape index (κ3) is 4.43. The molecule has 0 radical (unpaired) electrons. The van der Waals surface area contributed by atoms with Crippen LogP contribution in [-0.2, 0) is 10.0 Å². The third-order valence-electron chi connectivity index (χ3n) is 5.60. The van der Waals surface area contributed by atoms with Crippen LogP contribution >= 0.6 is 0 Å². The minimum atomic E-state index is -3.10. The molecule has 2 aliphatic rings. The maximum Gasteiger partial charge on any atom is 0.213 e. The van der Waals surface area contributed by atoms with Gasteiger partial charge in [-0.1, -0.05) is 6.92 Å². The molecule has 0 aromatic carbocycles. The van der Waals surface area contributed by atoms with Crippen molar-refractivity contribution in [1.29, 1.82) is 0 Å². The minimum Gasteiger partial charge on any atom is -0.389 e. The lowest BCUT2D eigenvalue weighted by Gasteiger charge is -2.42. The smallest absolute Gasteiger partial charge is 0.213 e. The average molecular weight is 333 g/mol. The van der Waals surface area contributed by atoms with E-state index in [1.807, 2.05) is 0 Å². The van der Waals surface area contributed by atoms with Crippen molar-refractivity contribution >= 4 is 10.0 Å². The molecule has 2 fully saturated rings. The van der Waals surface area contributed by atoms with Crippen molar-refractivity contribution in [2.75, 3.05) is 32.4 Å². The minimum absolute atomic E-state index is 0.113. The summed E-state index contributed by atoms with van der Waals surface area (Å²) >= 11 is 0. The Morgan fingerprint density at radius 2 is 1.73 bits per heavy atom. The second-order valence-electron chi connectivity index (χ2n) is 7.33. The Morgan fingerprint density at radius 1 is 1.18 bits per heavy atom. The highest BCUT2D eigenvalue weighted by Gasteiger charge is 2.35. The van der Waals surface area contributed by atoms with Crippen LogP contribution in [0.2, 0.25) is 0 Å². The van der Waals surface area contributed by atoms with Gasteiger partial charge in [0.15, 0.2) is 0 Å². The highest BCUT2D eigenvalue weighted by Crippen LogP contribution is 2.33. The average Bonchev–Trinajstić information content (AvgIpc) is 2.50. The van der Waals surface area contributed by atoms with Gasteiger partial charge in [-0.05, 0) is 64.5 Å². The van der Waals surface area contributed by atoms with E-state index in [9.17, 15) is 13.5 Å². The number of hydrogen-bond acceptors (Lipinski definition) is 4. The van der Waals surface area contributed by atoms with E-state index in [-0.39, 0.29) is 11.8 Å². The Kier molecular flexibility index (Phi) is 5.91. The first-order valence-electron chi connectivity index (χ1n) is 8.66. The number of likely N-dealkylation sites (tertiary alicyclic amines) is 1. The van der Waals surface area contributed by atoms with Crippen LogP contribution in [0, 0.1) is 5.92 Å². The highest BCUT2D eigenvalue weighted by atomic mass is 32.2. The van der Waals surface area contributed by atoms with Crippen molar-refractivity contribution < 1.29 is 13.5 Å². The molecule has 1 saturated heterocycles. The molecule has 0 atom stereocenters. The van der Waals surface area contributed by atoms with E-state index in [1.165, 1.54) is 0 Å². The normalized spacial score (nSPS) is 32.5. The Labute approximate surface area is 135 Å². The van der Waals surface area contributed by atoms with Gasteiger partial charge in [0.2, 0.25) is 10.0 Å². The summed E-state index contributed by atoms with van der Waals surface area (Å²) < 4.78 is 25.5. The molecule has 5 nitrogen and oxygen atoms in total. The fourth-order valence-electron chi connectivity index (χ4n) is 3.75. The Morgan fingerprint density at radius 3 is 2.23 bits per heavy atom. The molecular weight excluding hydrogens is 300 g/mol. The van der Waals surface area contributed by atoms with Gasteiger partial charge >= 0.3 is 0 Å². The second kappa shape index (κ2) is 7.16. The summed E-state index contributed by atoms with van der Waals surface area (Å²) in [5.74, 6) is 0.903. The van der Waals surface area contributed by atoms with Crippen LogP contribution in [-0.4, -0.2) is 66.8 Å². The molecule has 1 saturated carbocycles. The standard InChI is InChI=1S/C16H32N2O3S/c1-4-22(20,21)17(3)15-7-11-18(12-8-15)13-16(19)9-5-14(2)6-10-16/h14-15,19H,4-13H2,1-3H3. The van der Waals surface area contributed by atoms with E-state index in [2.05, 4.69) is 11.8 Å². The van der Waals surface area contributed by atoms with E-state index >= 15 is 0 Å². The number of aliphatic hydroxyl groups is 1. The highest BCUT2D eigenvalue weighted by molar-refractivity contribution is 7.89. The van der Waals surface area contributed by atoms with Crippen LogP contribution in [0.4, 0.5) is 0 Å². The molecule has 2 rings (SSSR count). The molecular formula is C16H32N2O3S. The predicted octanol–water partition coefficient (Wildman–Crippen LogP) is 1.67. The van der Waals surface area contributed by atoms with Gasteiger partial charge < -0.3 is 10.0 Å². The van der Waals surface area contributed by atoms with Crippen LogP contribution < -0.4 is 0 Å². The lowest BCUT2D eigenvalue weighted by Crippen LogP contribution is -2.51. The van der Waals surface area contributed by atoms with Gasteiger partial charge in [0.25, 0.3) is 0 Å². The summed E-state index contributed by atoms with van der Waals surface area (Å²) in [6, 6.07) is 0.113. The van der Waals surface area contributed by atoms with E-state index in [0.29, 0.717) is 0 Å². The van der Waals surface area contributed by atoms with Gasteiger partial charge in [0, 0.05) is 19.6 Å². The maximum absolute atomic E-state index is 12.0. The van der Waals surface area contributed by atoms with Crippen molar-refractivity contribution in [3.63, 3.8) is 0 Å². The Bertz CT molecular complexity index is 450. The topological polar surface area (TPSA) is 60.9 Å². The monoisotopic (exact) mass is 332 g/mol. The summed E-state index contributed by atoms with van der Waals surface area (Å²) in [4.78, 5) is 2.32. The molecule has 0 unspecified atom stereocenters. The van der Waals surface area contributed by atoms with E-state index in [1.54, 1.807) is 18.3 Å².